The summed E-state index contributed by atoms with van der Waals surface area (Å²) in [6.07, 6.45) is 8.99. The highest BCUT2D eigenvalue weighted by Gasteiger charge is 2.21. The smallest absolute Gasteiger partial charge is 0.247 e. The van der Waals surface area contributed by atoms with E-state index in [4.69, 9.17) is 4.74 Å². The van der Waals surface area contributed by atoms with Crippen LogP contribution < -0.4 is 10.3 Å². The monoisotopic (exact) mass is 378 g/mol. The summed E-state index contributed by atoms with van der Waals surface area (Å²) in [7, 11) is 1.70. The molecule has 0 amide bonds. The number of nitrogens with one attached hydrogen (secondary N) is 1. The molecule has 1 aromatic carbocycles. The second-order valence-corrected chi connectivity index (χ2v) is 7.43. The second-order valence-electron chi connectivity index (χ2n) is 7.43. The fourth-order valence-corrected chi connectivity index (χ4v) is 3.94. The average Bonchev–Trinajstić information content (AvgIpc) is 3.26. The number of benzene rings is 1. The van der Waals surface area contributed by atoms with Crippen LogP contribution in [0.2, 0.25) is 0 Å². The largest absolute Gasteiger partial charge is 0.497 e. The Morgan fingerprint density at radius 1 is 1.21 bits per heavy atom. The van der Waals surface area contributed by atoms with Crippen LogP contribution in [0.25, 0.3) is 5.69 Å². The quantitative estimate of drug-likeness (QED) is 0.716. The Bertz CT molecular complexity index is 936. The molecular weight excluding hydrogens is 352 g/mol. The van der Waals surface area contributed by atoms with Crippen molar-refractivity contribution in [2.75, 3.05) is 20.2 Å². The Morgan fingerprint density at radius 2 is 2.07 bits per heavy atom. The van der Waals surface area contributed by atoms with E-state index in [1.165, 1.54) is 24.0 Å². The molecule has 0 atom stereocenters. The van der Waals surface area contributed by atoms with E-state index in [1.54, 1.807) is 19.4 Å². The molecule has 0 saturated carbocycles. The topological polar surface area (TPSA) is 63.1 Å². The third-order valence-corrected chi connectivity index (χ3v) is 5.51. The zero-order valence-corrected chi connectivity index (χ0v) is 16.2. The maximum absolute atomic E-state index is 11.2. The normalized spacial score (nSPS) is 15.6. The third-order valence-electron chi connectivity index (χ3n) is 5.51. The second kappa shape index (κ2) is 8.44. The lowest BCUT2D eigenvalue weighted by Crippen LogP contribution is -2.34. The number of rotatable bonds is 6. The van der Waals surface area contributed by atoms with E-state index in [1.807, 2.05) is 35.3 Å². The molecule has 1 aliphatic rings. The first-order valence-corrected chi connectivity index (χ1v) is 9.78. The third kappa shape index (κ3) is 4.34. The van der Waals surface area contributed by atoms with Crippen molar-refractivity contribution in [2.45, 2.75) is 25.8 Å². The molecule has 28 heavy (non-hydrogen) atoms. The summed E-state index contributed by atoms with van der Waals surface area (Å²) in [6, 6.07) is 11.7. The molecule has 0 spiro atoms. The van der Waals surface area contributed by atoms with Gasteiger partial charge in [0, 0.05) is 31.2 Å². The van der Waals surface area contributed by atoms with Crippen LogP contribution in [-0.2, 0) is 13.0 Å². The maximum atomic E-state index is 11.2. The van der Waals surface area contributed by atoms with Gasteiger partial charge in [-0.1, -0.05) is 6.07 Å². The first kappa shape index (κ1) is 18.5. The molecule has 1 fully saturated rings. The number of hydrogen-bond donors (Lipinski definition) is 1. The van der Waals surface area contributed by atoms with Crippen LogP contribution in [0, 0.1) is 5.92 Å². The summed E-state index contributed by atoms with van der Waals surface area (Å²) in [5, 5.41) is 4.39. The van der Waals surface area contributed by atoms with Gasteiger partial charge in [-0.3, -0.25) is 9.69 Å². The van der Waals surface area contributed by atoms with Crippen LogP contribution >= 0.6 is 0 Å². The van der Waals surface area contributed by atoms with Crippen molar-refractivity contribution >= 4 is 0 Å². The molecule has 2 aromatic heterocycles. The summed E-state index contributed by atoms with van der Waals surface area (Å²) in [5.41, 5.74) is 3.50. The maximum Gasteiger partial charge on any atom is 0.247 e. The lowest BCUT2D eigenvalue weighted by Gasteiger charge is -2.32. The summed E-state index contributed by atoms with van der Waals surface area (Å²) < 4.78 is 7.35. The van der Waals surface area contributed by atoms with Gasteiger partial charge in [0.05, 0.1) is 12.8 Å². The zero-order valence-electron chi connectivity index (χ0n) is 16.2. The van der Waals surface area contributed by atoms with Crippen LogP contribution in [0.3, 0.4) is 0 Å². The van der Waals surface area contributed by atoms with E-state index in [0.29, 0.717) is 5.92 Å². The summed E-state index contributed by atoms with van der Waals surface area (Å²) in [6.45, 7) is 3.03. The molecule has 1 N–H and O–H groups in total. The number of nitrogens with zero attached hydrogens (tertiary/aromatic N) is 3. The number of pyridine rings is 1. The minimum absolute atomic E-state index is 0.0372. The van der Waals surface area contributed by atoms with Crippen LogP contribution in [0.1, 0.15) is 24.0 Å². The molecule has 6 nitrogen and oxygen atoms in total. The van der Waals surface area contributed by atoms with E-state index in [2.05, 4.69) is 27.1 Å². The van der Waals surface area contributed by atoms with Crippen LogP contribution in [0.15, 0.2) is 59.8 Å². The van der Waals surface area contributed by atoms with Gasteiger partial charge >= 0.3 is 0 Å². The Balaban J connectivity index is 1.40. The molecule has 0 unspecified atom stereocenters. The number of piperidine rings is 1. The van der Waals surface area contributed by atoms with E-state index in [0.717, 1.165) is 37.5 Å². The van der Waals surface area contributed by atoms with Gasteiger partial charge in [-0.05, 0) is 73.7 Å². The molecule has 0 bridgehead atoms. The van der Waals surface area contributed by atoms with Gasteiger partial charge in [-0.2, -0.15) is 5.10 Å². The highest BCUT2D eigenvalue weighted by atomic mass is 16.5. The summed E-state index contributed by atoms with van der Waals surface area (Å²) in [4.78, 5) is 16.5. The highest BCUT2D eigenvalue weighted by molar-refractivity contribution is 5.45. The zero-order chi connectivity index (χ0) is 19.3. The van der Waals surface area contributed by atoms with Gasteiger partial charge in [-0.15, -0.1) is 0 Å². The molecule has 0 radical (unpaired) electrons. The minimum atomic E-state index is -0.0372. The minimum Gasteiger partial charge on any atom is -0.497 e. The molecule has 6 heteroatoms. The summed E-state index contributed by atoms with van der Waals surface area (Å²) >= 11 is 0. The fraction of sp³-hybridized carbons (Fsp3) is 0.364. The molecule has 1 aliphatic heterocycles. The molecular formula is C22H26N4O2. The fourth-order valence-electron chi connectivity index (χ4n) is 3.94. The Labute approximate surface area is 164 Å². The Morgan fingerprint density at radius 3 is 2.75 bits per heavy atom. The van der Waals surface area contributed by atoms with Crippen molar-refractivity contribution in [1.82, 2.24) is 19.7 Å². The predicted molar refractivity (Wildman–Crippen MR) is 109 cm³/mol. The lowest BCUT2D eigenvalue weighted by molar-refractivity contribution is 0.176. The number of aromatic nitrogens is 3. The molecule has 3 heterocycles. The highest BCUT2D eigenvalue weighted by Crippen LogP contribution is 2.26. The van der Waals surface area contributed by atoms with Gasteiger partial charge in [0.15, 0.2) is 0 Å². The molecule has 146 valence electrons. The van der Waals surface area contributed by atoms with Crippen LogP contribution in [-0.4, -0.2) is 39.9 Å². The van der Waals surface area contributed by atoms with Crippen LogP contribution in [0.4, 0.5) is 0 Å². The summed E-state index contributed by atoms with van der Waals surface area (Å²) in [5.74, 6) is 1.54. The SMILES string of the molecule is COc1ccc(-n2cccn2)c(CN2CCC(Cc3ccc(=O)[nH]c3)CC2)c1. The van der Waals surface area contributed by atoms with Crippen LogP contribution in [0.5, 0.6) is 5.75 Å². The van der Waals surface area contributed by atoms with Gasteiger partial charge in [0.25, 0.3) is 0 Å². The predicted octanol–water partition coefficient (Wildman–Crippen LogP) is 3.02. The van der Waals surface area contributed by atoms with E-state index >= 15 is 0 Å². The van der Waals surface area contributed by atoms with Crippen molar-refractivity contribution in [3.05, 3.63) is 76.5 Å². The number of ether oxygens (including phenoxy) is 1. The van der Waals surface area contributed by atoms with E-state index in [-0.39, 0.29) is 5.56 Å². The molecule has 3 aromatic rings. The van der Waals surface area contributed by atoms with E-state index in [9.17, 15) is 4.79 Å². The number of H-pyrrole nitrogens is 1. The van der Waals surface area contributed by atoms with Crippen molar-refractivity contribution in [1.29, 1.82) is 0 Å². The van der Waals surface area contributed by atoms with Gasteiger partial charge in [0.1, 0.15) is 5.75 Å². The molecule has 0 aliphatic carbocycles. The number of methoxy groups -OCH3 is 1. The first-order valence-electron chi connectivity index (χ1n) is 9.78. The number of likely N-dealkylation sites (tertiary alicyclic amines) is 1. The van der Waals surface area contributed by atoms with Crippen molar-refractivity contribution in [3.8, 4) is 11.4 Å². The van der Waals surface area contributed by atoms with E-state index < -0.39 is 0 Å². The van der Waals surface area contributed by atoms with Gasteiger partial charge in [0.2, 0.25) is 5.56 Å². The Hall–Kier alpha value is -2.86. The number of hydrogen-bond acceptors (Lipinski definition) is 4. The lowest BCUT2D eigenvalue weighted by atomic mass is 9.90. The molecule has 1 saturated heterocycles. The average molecular weight is 378 g/mol. The number of aromatic amines is 1. The van der Waals surface area contributed by atoms with Gasteiger partial charge < -0.3 is 9.72 Å². The van der Waals surface area contributed by atoms with Gasteiger partial charge in [-0.25, -0.2) is 4.68 Å². The first-order chi connectivity index (χ1) is 13.7. The van der Waals surface area contributed by atoms with Crippen molar-refractivity contribution in [2.24, 2.45) is 5.92 Å². The Kier molecular flexibility index (Phi) is 5.58. The van der Waals surface area contributed by atoms with Crippen molar-refractivity contribution < 1.29 is 4.74 Å². The van der Waals surface area contributed by atoms with Crippen molar-refractivity contribution in [3.63, 3.8) is 0 Å². The standard InChI is InChI=1S/C22H26N4O2/c1-28-20-4-5-21(26-10-2-9-24-26)19(14-20)16-25-11-7-17(8-12-25)13-18-3-6-22(27)23-15-18/h2-6,9-10,14-15,17H,7-8,11-13,16H2,1H3,(H,23,27). The molecule has 4 rings (SSSR count).